The zero-order valence-corrected chi connectivity index (χ0v) is 8.24. The van der Waals surface area contributed by atoms with Crippen LogP contribution >= 0.6 is 28.6 Å². The number of rotatable bonds is 1. The van der Waals surface area contributed by atoms with Crippen LogP contribution in [0.4, 0.5) is 0 Å². The molecule has 0 heterocycles. The summed E-state index contributed by atoms with van der Waals surface area (Å²) < 4.78 is 1.13. The lowest BCUT2D eigenvalue weighted by molar-refractivity contribution is 1.30. The lowest BCUT2D eigenvalue weighted by Gasteiger charge is -2.00. The summed E-state index contributed by atoms with van der Waals surface area (Å²) in [4.78, 5) is 0. The number of hydrogen-bond acceptors (Lipinski definition) is 1. The summed E-state index contributed by atoms with van der Waals surface area (Å²) in [7, 11) is 0. The molecule has 0 radical (unpaired) electrons. The van der Waals surface area contributed by atoms with E-state index < -0.39 is 0 Å². The van der Waals surface area contributed by atoms with Gasteiger partial charge in [-0.15, -0.1) is 0 Å². The summed E-state index contributed by atoms with van der Waals surface area (Å²) in [5, 5.41) is 0. The first kappa shape index (κ1) is 8.15. The number of halogens is 1. The van der Waals surface area contributed by atoms with E-state index in [1.54, 1.807) is 0 Å². The molecule has 0 unspecified atom stereocenters. The molecule has 0 aliphatic heterocycles. The standard InChI is InChI=1S/C8H9BrS/c1-6-2-3-8(9)4-7(6)5-10/h2-4,10H,5H2,1H3. The van der Waals surface area contributed by atoms with Gasteiger partial charge in [-0.2, -0.15) is 12.6 Å². The third-order valence-electron chi connectivity index (χ3n) is 1.48. The Bertz CT molecular complexity index is 233. The first-order valence-electron chi connectivity index (χ1n) is 3.10. The molecule has 0 amide bonds. The molecule has 0 atom stereocenters. The maximum atomic E-state index is 4.21. The Balaban J connectivity index is 3.09. The van der Waals surface area contributed by atoms with Crippen LogP contribution in [0, 0.1) is 6.92 Å². The average molecular weight is 217 g/mol. The second kappa shape index (κ2) is 3.44. The van der Waals surface area contributed by atoms with Crippen LogP contribution in [0.3, 0.4) is 0 Å². The van der Waals surface area contributed by atoms with Crippen LogP contribution in [-0.2, 0) is 5.75 Å². The molecule has 2 heteroatoms. The van der Waals surface area contributed by atoms with Crippen LogP contribution in [-0.4, -0.2) is 0 Å². The lowest BCUT2D eigenvalue weighted by Crippen LogP contribution is -1.82. The number of hydrogen-bond donors (Lipinski definition) is 1. The van der Waals surface area contributed by atoms with Gasteiger partial charge in [0, 0.05) is 10.2 Å². The van der Waals surface area contributed by atoms with E-state index in [9.17, 15) is 0 Å². The van der Waals surface area contributed by atoms with Crippen molar-refractivity contribution in [2.75, 3.05) is 0 Å². The highest BCUT2D eigenvalue weighted by Gasteiger charge is 1.94. The Morgan fingerprint density at radius 1 is 1.50 bits per heavy atom. The van der Waals surface area contributed by atoms with Crippen LogP contribution in [0.15, 0.2) is 22.7 Å². The minimum Gasteiger partial charge on any atom is -0.175 e. The van der Waals surface area contributed by atoms with Gasteiger partial charge in [-0.05, 0) is 30.2 Å². The molecule has 0 fully saturated rings. The Labute approximate surface area is 75.2 Å². The van der Waals surface area contributed by atoms with Gasteiger partial charge < -0.3 is 0 Å². The summed E-state index contributed by atoms with van der Waals surface area (Å²) in [6.07, 6.45) is 0. The van der Waals surface area contributed by atoms with Crippen LogP contribution < -0.4 is 0 Å². The molecule has 0 spiro atoms. The molecule has 0 N–H and O–H groups in total. The molecule has 0 saturated heterocycles. The van der Waals surface area contributed by atoms with Gasteiger partial charge in [-0.25, -0.2) is 0 Å². The Morgan fingerprint density at radius 3 is 2.70 bits per heavy atom. The largest absolute Gasteiger partial charge is 0.175 e. The van der Waals surface area contributed by atoms with E-state index in [2.05, 4.69) is 47.6 Å². The van der Waals surface area contributed by atoms with Crippen molar-refractivity contribution in [1.29, 1.82) is 0 Å². The van der Waals surface area contributed by atoms with Gasteiger partial charge >= 0.3 is 0 Å². The van der Waals surface area contributed by atoms with Crippen LogP contribution in [0.5, 0.6) is 0 Å². The van der Waals surface area contributed by atoms with E-state index in [0.29, 0.717) is 0 Å². The van der Waals surface area contributed by atoms with E-state index >= 15 is 0 Å². The van der Waals surface area contributed by atoms with Gasteiger partial charge in [-0.1, -0.05) is 22.0 Å². The van der Waals surface area contributed by atoms with E-state index in [0.717, 1.165) is 10.2 Å². The van der Waals surface area contributed by atoms with Crippen molar-refractivity contribution in [1.82, 2.24) is 0 Å². The highest BCUT2D eigenvalue weighted by Crippen LogP contribution is 2.16. The van der Waals surface area contributed by atoms with Crippen LogP contribution in [0.1, 0.15) is 11.1 Å². The molecule has 0 bridgehead atoms. The lowest BCUT2D eigenvalue weighted by atomic mass is 10.1. The SMILES string of the molecule is Cc1ccc(Br)cc1CS. The maximum absolute atomic E-state index is 4.21. The molecule has 10 heavy (non-hydrogen) atoms. The van der Waals surface area contributed by atoms with E-state index in [-0.39, 0.29) is 0 Å². The normalized spacial score (nSPS) is 9.90. The maximum Gasteiger partial charge on any atom is 0.0178 e. The van der Waals surface area contributed by atoms with Crippen molar-refractivity contribution < 1.29 is 0 Å². The van der Waals surface area contributed by atoms with Crippen molar-refractivity contribution in [3.05, 3.63) is 33.8 Å². The van der Waals surface area contributed by atoms with Crippen LogP contribution in [0.25, 0.3) is 0 Å². The predicted molar refractivity (Wildman–Crippen MR) is 51.6 cm³/mol. The third-order valence-corrected chi connectivity index (χ3v) is 2.32. The van der Waals surface area contributed by atoms with Gasteiger partial charge in [0.2, 0.25) is 0 Å². The molecule has 0 aliphatic rings. The smallest absolute Gasteiger partial charge is 0.0178 e. The predicted octanol–water partition coefficient (Wildman–Crippen LogP) is 3.19. The topological polar surface area (TPSA) is 0 Å². The Hall–Kier alpha value is 0.0500. The molecule has 0 saturated carbocycles. The molecular weight excluding hydrogens is 208 g/mol. The molecule has 0 aliphatic carbocycles. The molecular formula is C8H9BrS. The zero-order valence-electron chi connectivity index (χ0n) is 5.76. The van der Waals surface area contributed by atoms with Crippen molar-refractivity contribution >= 4 is 28.6 Å². The van der Waals surface area contributed by atoms with Gasteiger partial charge in [0.15, 0.2) is 0 Å². The fourth-order valence-corrected chi connectivity index (χ4v) is 1.56. The van der Waals surface area contributed by atoms with Gasteiger partial charge in [-0.3, -0.25) is 0 Å². The van der Waals surface area contributed by atoms with Crippen molar-refractivity contribution in [2.24, 2.45) is 0 Å². The van der Waals surface area contributed by atoms with Crippen LogP contribution in [0.2, 0.25) is 0 Å². The molecule has 54 valence electrons. The minimum absolute atomic E-state index is 0.811. The quantitative estimate of drug-likeness (QED) is 0.686. The van der Waals surface area contributed by atoms with E-state index in [1.165, 1.54) is 11.1 Å². The molecule has 0 nitrogen and oxygen atoms in total. The Kier molecular flexibility index (Phi) is 2.81. The monoisotopic (exact) mass is 216 g/mol. The first-order chi connectivity index (χ1) is 4.74. The summed E-state index contributed by atoms with van der Waals surface area (Å²) in [5.41, 5.74) is 2.59. The summed E-state index contributed by atoms with van der Waals surface area (Å²) >= 11 is 7.61. The highest BCUT2D eigenvalue weighted by atomic mass is 79.9. The highest BCUT2D eigenvalue weighted by molar-refractivity contribution is 9.10. The van der Waals surface area contributed by atoms with E-state index in [4.69, 9.17) is 0 Å². The summed E-state index contributed by atoms with van der Waals surface area (Å²) in [5.74, 6) is 0.811. The van der Waals surface area contributed by atoms with Crippen molar-refractivity contribution in [3.8, 4) is 0 Å². The minimum atomic E-state index is 0.811. The second-order valence-electron chi connectivity index (χ2n) is 2.23. The van der Waals surface area contributed by atoms with Crippen molar-refractivity contribution in [2.45, 2.75) is 12.7 Å². The van der Waals surface area contributed by atoms with Gasteiger partial charge in [0.25, 0.3) is 0 Å². The summed E-state index contributed by atoms with van der Waals surface area (Å²) in [6, 6.07) is 6.24. The average Bonchev–Trinajstić information content (AvgIpc) is 1.94. The number of aryl methyl sites for hydroxylation is 1. The molecule has 1 rings (SSSR count). The number of benzene rings is 1. The van der Waals surface area contributed by atoms with Gasteiger partial charge in [0.1, 0.15) is 0 Å². The molecule has 1 aromatic carbocycles. The summed E-state index contributed by atoms with van der Waals surface area (Å²) in [6.45, 7) is 2.10. The molecule has 0 aromatic heterocycles. The number of thiol groups is 1. The zero-order chi connectivity index (χ0) is 7.56. The van der Waals surface area contributed by atoms with Crippen molar-refractivity contribution in [3.63, 3.8) is 0 Å². The first-order valence-corrected chi connectivity index (χ1v) is 4.52. The second-order valence-corrected chi connectivity index (χ2v) is 3.46. The molecule has 1 aromatic rings. The van der Waals surface area contributed by atoms with E-state index in [1.807, 2.05) is 6.07 Å². The fourth-order valence-electron chi connectivity index (χ4n) is 0.810. The Morgan fingerprint density at radius 2 is 2.20 bits per heavy atom. The fraction of sp³-hybridized carbons (Fsp3) is 0.250. The third kappa shape index (κ3) is 1.77. The van der Waals surface area contributed by atoms with Gasteiger partial charge in [0.05, 0.1) is 0 Å².